The van der Waals surface area contributed by atoms with Crippen LogP contribution in [0.2, 0.25) is 0 Å². The lowest BCUT2D eigenvalue weighted by atomic mass is 10.2. The smallest absolute Gasteiger partial charge is 0.286 e. The second-order valence-electron chi connectivity index (χ2n) is 2.01. The van der Waals surface area contributed by atoms with Crippen molar-refractivity contribution in [1.82, 2.24) is 4.98 Å². The van der Waals surface area contributed by atoms with Gasteiger partial charge in [-0.2, -0.15) is 4.39 Å². The van der Waals surface area contributed by atoms with E-state index in [0.29, 0.717) is 0 Å². The highest BCUT2D eigenvalue weighted by atomic mass is 19.3. The number of carbonyl (C=O) groups is 1. The van der Waals surface area contributed by atoms with E-state index < -0.39 is 23.9 Å². The number of ketones is 1. The maximum absolute atomic E-state index is 12.3. The molecule has 0 N–H and O–H groups in total. The van der Waals surface area contributed by atoms with Gasteiger partial charge < -0.3 is 0 Å². The Balaban J connectivity index is 2.96. The summed E-state index contributed by atoms with van der Waals surface area (Å²) in [6, 6.07) is 3.16. The number of pyridine rings is 1. The molecule has 0 amide bonds. The van der Waals surface area contributed by atoms with Gasteiger partial charge in [0.2, 0.25) is 11.7 Å². The summed E-state index contributed by atoms with van der Waals surface area (Å²) in [6.45, 7) is 0. The second kappa shape index (κ2) is 3.34. The zero-order chi connectivity index (χ0) is 9.14. The van der Waals surface area contributed by atoms with Crippen LogP contribution in [0.15, 0.2) is 18.2 Å². The quantitative estimate of drug-likeness (QED) is 0.505. The number of halogens is 3. The van der Waals surface area contributed by atoms with Crippen molar-refractivity contribution in [3.63, 3.8) is 0 Å². The first kappa shape index (κ1) is 8.70. The number of carbonyl (C=O) groups excluding carboxylic acids is 1. The lowest BCUT2D eigenvalue weighted by Crippen LogP contribution is -2.12. The van der Waals surface area contributed by atoms with Crippen LogP contribution in [0.25, 0.3) is 0 Å². The summed E-state index contributed by atoms with van der Waals surface area (Å²) in [4.78, 5) is 13.5. The minimum Gasteiger partial charge on any atom is -0.286 e. The Hall–Kier alpha value is -1.39. The van der Waals surface area contributed by atoms with Crippen molar-refractivity contribution in [3.8, 4) is 0 Å². The zero-order valence-electron chi connectivity index (χ0n) is 5.80. The highest BCUT2D eigenvalue weighted by Gasteiger charge is 2.18. The second-order valence-corrected chi connectivity index (χ2v) is 2.01. The molecule has 5 heteroatoms. The number of hydrogen-bond donors (Lipinski definition) is 0. The Labute approximate surface area is 66.0 Å². The van der Waals surface area contributed by atoms with Crippen LogP contribution in [0.5, 0.6) is 0 Å². The van der Waals surface area contributed by atoms with Crippen LogP contribution in [0.1, 0.15) is 10.5 Å². The van der Waals surface area contributed by atoms with Gasteiger partial charge in [0.25, 0.3) is 0 Å². The van der Waals surface area contributed by atoms with Crippen LogP contribution < -0.4 is 0 Å². The number of rotatable bonds is 2. The Bertz CT molecular complexity index is 300. The highest BCUT2D eigenvalue weighted by Crippen LogP contribution is 2.05. The van der Waals surface area contributed by atoms with Crippen LogP contribution >= 0.6 is 0 Å². The molecule has 1 aromatic rings. The van der Waals surface area contributed by atoms with E-state index in [-0.39, 0.29) is 0 Å². The molecule has 0 spiro atoms. The Morgan fingerprint density at radius 3 is 2.58 bits per heavy atom. The number of alkyl halides is 2. The van der Waals surface area contributed by atoms with E-state index in [1.54, 1.807) is 0 Å². The molecule has 12 heavy (non-hydrogen) atoms. The summed E-state index contributed by atoms with van der Waals surface area (Å²) in [5, 5.41) is 0. The first-order chi connectivity index (χ1) is 5.61. The molecule has 0 unspecified atom stereocenters. The molecule has 0 radical (unpaired) electrons. The number of hydrogen-bond acceptors (Lipinski definition) is 2. The molecule has 2 nitrogen and oxygen atoms in total. The van der Waals surface area contributed by atoms with E-state index >= 15 is 0 Å². The predicted molar refractivity (Wildman–Crippen MR) is 34.5 cm³/mol. The third-order valence-electron chi connectivity index (χ3n) is 1.17. The summed E-state index contributed by atoms with van der Waals surface area (Å²) in [6.07, 6.45) is -3.14. The van der Waals surface area contributed by atoms with Gasteiger partial charge in [-0.05, 0) is 12.1 Å². The average Bonchev–Trinajstić information content (AvgIpc) is 2.03. The minimum atomic E-state index is -3.14. The van der Waals surface area contributed by atoms with E-state index in [4.69, 9.17) is 0 Å². The van der Waals surface area contributed by atoms with Gasteiger partial charge >= 0.3 is 6.43 Å². The third kappa shape index (κ3) is 1.81. The van der Waals surface area contributed by atoms with Crippen LogP contribution in [-0.2, 0) is 0 Å². The fourth-order valence-corrected chi connectivity index (χ4v) is 0.657. The molecule has 0 saturated heterocycles. The molecule has 1 rings (SSSR count). The van der Waals surface area contributed by atoms with Crippen molar-refractivity contribution in [2.24, 2.45) is 0 Å². The molecule has 1 heterocycles. The Morgan fingerprint density at radius 2 is 2.08 bits per heavy atom. The summed E-state index contributed by atoms with van der Waals surface area (Å²) in [5.41, 5.74) is -0.551. The molecule has 0 aromatic carbocycles. The van der Waals surface area contributed by atoms with E-state index in [1.165, 1.54) is 0 Å². The van der Waals surface area contributed by atoms with Crippen LogP contribution in [0, 0.1) is 5.95 Å². The molecular weight excluding hydrogens is 171 g/mol. The van der Waals surface area contributed by atoms with Crippen molar-refractivity contribution in [1.29, 1.82) is 0 Å². The predicted octanol–water partition coefficient (Wildman–Crippen LogP) is 1.67. The van der Waals surface area contributed by atoms with E-state index in [1.807, 2.05) is 0 Å². The fourth-order valence-electron chi connectivity index (χ4n) is 0.657. The summed E-state index contributed by atoms with van der Waals surface area (Å²) >= 11 is 0. The summed E-state index contributed by atoms with van der Waals surface area (Å²) in [5.74, 6) is -2.41. The van der Waals surface area contributed by atoms with Crippen molar-refractivity contribution >= 4 is 5.78 Å². The maximum atomic E-state index is 12.3. The molecule has 0 aliphatic heterocycles. The molecule has 64 valence electrons. The Kier molecular flexibility index (Phi) is 2.42. The first-order valence-electron chi connectivity index (χ1n) is 3.06. The van der Waals surface area contributed by atoms with Crippen molar-refractivity contribution in [2.75, 3.05) is 0 Å². The maximum Gasteiger partial charge on any atom is 0.302 e. The van der Waals surface area contributed by atoms with Crippen LogP contribution in [0.3, 0.4) is 0 Å². The van der Waals surface area contributed by atoms with Gasteiger partial charge in [-0.1, -0.05) is 6.07 Å². The lowest BCUT2D eigenvalue weighted by Gasteiger charge is -1.96. The lowest BCUT2D eigenvalue weighted by molar-refractivity contribution is 0.0672. The number of aromatic nitrogens is 1. The standard InChI is InChI=1S/C7H4F3NO/c8-5-3-1-2-4(11-5)6(12)7(9)10/h1-3,7H. The summed E-state index contributed by atoms with van der Waals surface area (Å²) < 4.78 is 35.8. The van der Waals surface area contributed by atoms with Crippen LogP contribution in [0.4, 0.5) is 13.2 Å². The zero-order valence-corrected chi connectivity index (χ0v) is 5.80. The third-order valence-corrected chi connectivity index (χ3v) is 1.17. The molecule has 0 atom stereocenters. The minimum absolute atomic E-state index is 0.551. The molecular formula is C7H4F3NO. The number of nitrogens with zero attached hydrogens (tertiary/aromatic N) is 1. The van der Waals surface area contributed by atoms with E-state index in [9.17, 15) is 18.0 Å². The van der Waals surface area contributed by atoms with Gasteiger partial charge in [0.15, 0.2) is 0 Å². The number of Topliss-reactive ketones (excluding diaryl/α,β-unsaturated/α-hetero) is 1. The van der Waals surface area contributed by atoms with Gasteiger partial charge in [0.1, 0.15) is 5.69 Å². The van der Waals surface area contributed by atoms with Gasteiger partial charge in [0, 0.05) is 0 Å². The fraction of sp³-hybridized carbons (Fsp3) is 0.143. The highest BCUT2D eigenvalue weighted by molar-refractivity contribution is 5.96. The van der Waals surface area contributed by atoms with Crippen molar-refractivity contribution < 1.29 is 18.0 Å². The summed E-state index contributed by atoms with van der Waals surface area (Å²) in [7, 11) is 0. The normalized spacial score (nSPS) is 10.3. The molecule has 0 fully saturated rings. The molecule has 1 aromatic heterocycles. The van der Waals surface area contributed by atoms with Crippen LogP contribution in [-0.4, -0.2) is 17.2 Å². The molecule has 0 aliphatic carbocycles. The topological polar surface area (TPSA) is 30.0 Å². The van der Waals surface area contributed by atoms with Gasteiger partial charge in [0.05, 0.1) is 0 Å². The monoisotopic (exact) mass is 175 g/mol. The van der Waals surface area contributed by atoms with Gasteiger partial charge in [-0.3, -0.25) is 4.79 Å². The molecule has 0 bridgehead atoms. The Morgan fingerprint density at radius 1 is 1.42 bits per heavy atom. The van der Waals surface area contributed by atoms with Gasteiger partial charge in [-0.15, -0.1) is 0 Å². The largest absolute Gasteiger partial charge is 0.302 e. The van der Waals surface area contributed by atoms with E-state index in [2.05, 4.69) is 4.98 Å². The van der Waals surface area contributed by atoms with Crippen molar-refractivity contribution in [3.05, 3.63) is 29.8 Å². The SMILES string of the molecule is O=C(c1cccc(F)n1)C(F)F. The van der Waals surface area contributed by atoms with E-state index in [0.717, 1.165) is 18.2 Å². The average molecular weight is 175 g/mol. The van der Waals surface area contributed by atoms with Gasteiger partial charge in [-0.25, -0.2) is 13.8 Å². The first-order valence-corrected chi connectivity index (χ1v) is 3.06. The van der Waals surface area contributed by atoms with Crippen molar-refractivity contribution in [2.45, 2.75) is 6.43 Å². The molecule has 0 aliphatic rings. The molecule has 0 saturated carbocycles.